The molecule has 0 aliphatic carbocycles. The molecule has 3 aromatic rings. The van der Waals surface area contributed by atoms with E-state index in [0.29, 0.717) is 47.2 Å². The number of aromatic amines is 1. The van der Waals surface area contributed by atoms with E-state index in [-0.39, 0.29) is 17.3 Å². The molecule has 0 saturated carbocycles. The maximum atomic E-state index is 12.2. The summed E-state index contributed by atoms with van der Waals surface area (Å²) in [5.41, 5.74) is 4.69. The van der Waals surface area contributed by atoms with Crippen LogP contribution in [0.2, 0.25) is 0 Å². The molecule has 1 aliphatic heterocycles. The van der Waals surface area contributed by atoms with Crippen LogP contribution >= 0.6 is 11.8 Å². The Morgan fingerprint density at radius 1 is 1.21 bits per heavy atom. The molecular weight excluding hydrogens is 450 g/mol. The molecule has 0 bridgehead atoms. The zero-order valence-corrected chi connectivity index (χ0v) is 18.2. The highest BCUT2D eigenvalue weighted by atomic mass is 32.2. The molecule has 170 valence electrons. The molecule has 2 aromatic carbocycles. The molecule has 3 N–H and O–H groups in total. The third-order valence-corrected chi connectivity index (χ3v) is 5.30. The zero-order chi connectivity index (χ0) is 23.2. The van der Waals surface area contributed by atoms with Crippen molar-refractivity contribution >= 4 is 40.7 Å². The van der Waals surface area contributed by atoms with Crippen molar-refractivity contribution in [2.24, 2.45) is 5.10 Å². The van der Waals surface area contributed by atoms with Crippen LogP contribution in [0, 0.1) is 10.1 Å². The number of nitro groups is 1. The normalized spacial score (nSPS) is 12.8. The number of benzene rings is 2. The maximum Gasteiger partial charge on any atom is 0.269 e. The average molecular weight is 469 g/mol. The SMILES string of the molecule is C/C(=N/Nc1nc(SCC(=O)Nc2ccc3c(c2)OCCO3)n[nH]1)c1ccc([N+](=O)[O-])cc1. The Kier molecular flexibility index (Phi) is 6.69. The number of nitro benzene ring substituents is 1. The maximum absolute atomic E-state index is 12.2. The van der Waals surface area contributed by atoms with Gasteiger partial charge in [-0.1, -0.05) is 11.8 Å². The number of fused-ring (bicyclic) bond motifs is 1. The molecule has 12 nitrogen and oxygen atoms in total. The van der Waals surface area contributed by atoms with Crippen molar-refractivity contribution in [3.63, 3.8) is 0 Å². The number of nitrogens with zero attached hydrogens (tertiary/aromatic N) is 4. The fourth-order valence-electron chi connectivity index (χ4n) is 2.83. The lowest BCUT2D eigenvalue weighted by Crippen LogP contribution is -2.17. The summed E-state index contributed by atoms with van der Waals surface area (Å²) in [4.78, 5) is 26.8. The summed E-state index contributed by atoms with van der Waals surface area (Å²) in [5, 5.41) is 24.8. The predicted molar refractivity (Wildman–Crippen MR) is 122 cm³/mol. The van der Waals surface area contributed by atoms with Crippen LogP contribution in [0.15, 0.2) is 52.7 Å². The number of thioether (sulfide) groups is 1. The van der Waals surface area contributed by atoms with Crippen molar-refractivity contribution in [3.05, 3.63) is 58.1 Å². The van der Waals surface area contributed by atoms with E-state index in [1.165, 1.54) is 12.1 Å². The van der Waals surface area contributed by atoms with Crippen molar-refractivity contribution in [3.8, 4) is 11.5 Å². The Balaban J connectivity index is 1.27. The number of non-ortho nitro benzene ring substituents is 1. The molecule has 0 spiro atoms. The van der Waals surface area contributed by atoms with Gasteiger partial charge in [-0.25, -0.2) is 10.5 Å². The summed E-state index contributed by atoms with van der Waals surface area (Å²) in [5.74, 6) is 1.44. The highest BCUT2D eigenvalue weighted by Crippen LogP contribution is 2.32. The van der Waals surface area contributed by atoms with Gasteiger partial charge in [-0.05, 0) is 36.8 Å². The Morgan fingerprint density at radius 2 is 1.97 bits per heavy atom. The Labute approximate surface area is 191 Å². The number of hydrazone groups is 1. The van der Waals surface area contributed by atoms with E-state index in [1.54, 1.807) is 37.3 Å². The van der Waals surface area contributed by atoms with Gasteiger partial charge in [0.25, 0.3) is 5.69 Å². The average Bonchev–Trinajstić information content (AvgIpc) is 3.29. The predicted octanol–water partition coefficient (Wildman–Crippen LogP) is 3.05. The fraction of sp³-hybridized carbons (Fsp3) is 0.200. The highest BCUT2D eigenvalue weighted by Gasteiger charge is 2.14. The molecule has 2 heterocycles. The number of hydrogen-bond acceptors (Lipinski definition) is 10. The van der Waals surface area contributed by atoms with Crippen LogP contribution in [0.3, 0.4) is 0 Å². The topological polar surface area (TPSA) is 157 Å². The molecule has 0 radical (unpaired) electrons. The van der Waals surface area contributed by atoms with E-state index in [9.17, 15) is 14.9 Å². The largest absolute Gasteiger partial charge is 0.486 e. The van der Waals surface area contributed by atoms with Gasteiger partial charge in [-0.15, -0.1) is 5.10 Å². The molecule has 4 rings (SSSR count). The quantitative estimate of drug-likeness (QED) is 0.195. The number of anilines is 2. The first-order valence-corrected chi connectivity index (χ1v) is 10.8. The molecule has 1 aliphatic rings. The van der Waals surface area contributed by atoms with Crippen LogP contribution in [0.5, 0.6) is 11.5 Å². The molecule has 1 aromatic heterocycles. The number of ether oxygens (including phenoxy) is 2. The highest BCUT2D eigenvalue weighted by molar-refractivity contribution is 7.99. The van der Waals surface area contributed by atoms with Crippen LogP contribution in [0.4, 0.5) is 17.3 Å². The van der Waals surface area contributed by atoms with E-state index in [2.05, 4.69) is 31.0 Å². The fourth-order valence-corrected chi connectivity index (χ4v) is 3.43. The van der Waals surface area contributed by atoms with Crippen molar-refractivity contribution in [1.82, 2.24) is 15.2 Å². The number of aromatic nitrogens is 3. The summed E-state index contributed by atoms with van der Waals surface area (Å²) < 4.78 is 11.0. The minimum Gasteiger partial charge on any atom is -0.486 e. The molecule has 0 fully saturated rings. The number of rotatable bonds is 8. The Hall–Kier alpha value is -4.13. The summed E-state index contributed by atoms with van der Waals surface area (Å²) in [6, 6.07) is 11.3. The number of H-pyrrole nitrogens is 1. The minimum atomic E-state index is -0.460. The lowest BCUT2D eigenvalue weighted by atomic mass is 10.1. The lowest BCUT2D eigenvalue weighted by Gasteiger charge is -2.18. The third-order valence-electron chi connectivity index (χ3n) is 4.45. The van der Waals surface area contributed by atoms with Gasteiger partial charge >= 0.3 is 0 Å². The first kappa shape index (κ1) is 22.1. The van der Waals surface area contributed by atoms with Gasteiger partial charge in [0, 0.05) is 23.9 Å². The molecule has 33 heavy (non-hydrogen) atoms. The van der Waals surface area contributed by atoms with Crippen LogP contribution < -0.4 is 20.2 Å². The van der Waals surface area contributed by atoms with E-state index in [4.69, 9.17) is 9.47 Å². The number of hydrogen-bond donors (Lipinski definition) is 3. The van der Waals surface area contributed by atoms with E-state index in [0.717, 1.165) is 17.3 Å². The van der Waals surface area contributed by atoms with Crippen molar-refractivity contribution < 1.29 is 19.2 Å². The van der Waals surface area contributed by atoms with Crippen LogP contribution in [0.1, 0.15) is 12.5 Å². The smallest absolute Gasteiger partial charge is 0.269 e. The number of nitrogens with one attached hydrogen (secondary N) is 3. The van der Waals surface area contributed by atoms with Gasteiger partial charge in [-0.3, -0.25) is 14.9 Å². The second-order valence-electron chi connectivity index (χ2n) is 6.77. The standard InChI is InChI=1S/C20H19N7O5S/c1-12(13-2-5-15(6-3-13)27(29)30)23-24-19-22-20(26-25-19)33-11-18(28)21-14-4-7-16-17(10-14)32-9-8-31-16/h2-7,10H,8-9,11H2,1H3,(H,21,28)(H2,22,24,25,26)/b23-12-. The zero-order valence-electron chi connectivity index (χ0n) is 17.4. The van der Waals surface area contributed by atoms with Gasteiger partial charge in [0.2, 0.25) is 17.0 Å². The summed E-state index contributed by atoms with van der Waals surface area (Å²) >= 11 is 1.16. The van der Waals surface area contributed by atoms with Crippen molar-refractivity contribution in [2.75, 3.05) is 29.7 Å². The van der Waals surface area contributed by atoms with Gasteiger partial charge in [0.1, 0.15) is 13.2 Å². The van der Waals surface area contributed by atoms with Gasteiger partial charge in [0.15, 0.2) is 11.5 Å². The molecule has 0 unspecified atom stereocenters. The van der Waals surface area contributed by atoms with Crippen molar-refractivity contribution in [2.45, 2.75) is 12.1 Å². The molecule has 13 heteroatoms. The van der Waals surface area contributed by atoms with Gasteiger partial charge in [0.05, 0.1) is 16.4 Å². The molecule has 0 saturated heterocycles. The van der Waals surface area contributed by atoms with Gasteiger partial charge in [-0.2, -0.15) is 10.1 Å². The van der Waals surface area contributed by atoms with Crippen LogP contribution in [-0.2, 0) is 4.79 Å². The van der Waals surface area contributed by atoms with E-state index < -0.39 is 4.92 Å². The summed E-state index contributed by atoms with van der Waals surface area (Å²) in [6.45, 7) is 2.73. The Bertz CT molecular complexity index is 1200. The number of amides is 1. The Morgan fingerprint density at radius 3 is 2.73 bits per heavy atom. The number of carbonyl (C=O) groups is 1. The molecule has 0 atom stereocenters. The lowest BCUT2D eigenvalue weighted by molar-refractivity contribution is -0.384. The van der Waals surface area contributed by atoms with E-state index >= 15 is 0 Å². The number of carbonyl (C=O) groups excluding carboxylic acids is 1. The molecular formula is C20H19N7O5S. The minimum absolute atomic E-state index is 0.00872. The van der Waals surface area contributed by atoms with Gasteiger partial charge < -0.3 is 14.8 Å². The van der Waals surface area contributed by atoms with Crippen LogP contribution in [-0.4, -0.2) is 50.7 Å². The first-order valence-electron chi connectivity index (χ1n) is 9.78. The first-order chi connectivity index (χ1) is 16.0. The second kappa shape index (κ2) is 9.99. The van der Waals surface area contributed by atoms with Crippen LogP contribution in [0.25, 0.3) is 0 Å². The summed E-state index contributed by atoms with van der Waals surface area (Å²) in [7, 11) is 0. The second-order valence-corrected chi connectivity index (χ2v) is 7.72. The molecule has 1 amide bonds. The van der Waals surface area contributed by atoms with Crippen molar-refractivity contribution in [1.29, 1.82) is 0 Å². The third kappa shape index (κ3) is 5.77. The van der Waals surface area contributed by atoms with E-state index in [1.807, 2.05) is 0 Å². The summed E-state index contributed by atoms with van der Waals surface area (Å²) in [6.07, 6.45) is 0. The monoisotopic (exact) mass is 469 g/mol.